The number of halogens is 2. The fourth-order valence-corrected chi connectivity index (χ4v) is 4.48. The molecule has 178 valence electrons. The summed E-state index contributed by atoms with van der Waals surface area (Å²) in [7, 11) is 1.67. The summed E-state index contributed by atoms with van der Waals surface area (Å²) in [5.41, 5.74) is 3.78. The maximum absolute atomic E-state index is 6.22. The molecule has 5 rings (SSSR count). The summed E-state index contributed by atoms with van der Waals surface area (Å²) in [6.07, 6.45) is 0.935. The molecule has 5 aromatic rings. The van der Waals surface area contributed by atoms with Crippen molar-refractivity contribution in [3.8, 4) is 17.1 Å². The van der Waals surface area contributed by atoms with Crippen LogP contribution in [-0.4, -0.2) is 25.2 Å². The third kappa shape index (κ3) is 5.38. The molecular weight excluding hydrogens is 481 g/mol. The lowest BCUT2D eigenvalue weighted by molar-refractivity contribution is 0.415. The number of anilines is 1. The molecule has 0 atom stereocenters. The molecule has 2 aromatic heterocycles. The maximum Gasteiger partial charge on any atom is 0.134 e. The second-order valence-corrected chi connectivity index (χ2v) is 9.14. The van der Waals surface area contributed by atoms with Crippen LogP contribution in [0, 0.1) is 0 Å². The first-order chi connectivity index (χ1) is 17.1. The molecule has 7 heteroatoms. The predicted molar refractivity (Wildman–Crippen MR) is 145 cm³/mol. The van der Waals surface area contributed by atoms with Gasteiger partial charge in [0.15, 0.2) is 0 Å². The smallest absolute Gasteiger partial charge is 0.134 e. The number of methoxy groups -OCH3 is 1. The highest BCUT2D eigenvalue weighted by Gasteiger charge is 2.11. The third-order valence-electron chi connectivity index (χ3n) is 5.85. The van der Waals surface area contributed by atoms with Crippen molar-refractivity contribution in [1.29, 1.82) is 0 Å². The predicted octanol–water partition coefficient (Wildman–Crippen LogP) is 7.56. The van der Waals surface area contributed by atoms with E-state index >= 15 is 0 Å². The van der Waals surface area contributed by atoms with Crippen LogP contribution in [-0.2, 0) is 6.54 Å². The first kappa shape index (κ1) is 23.5. The fraction of sp³-hybridized carbons (Fsp3) is 0.179. The van der Waals surface area contributed by atoms with Crippen LogP contribution in [0.3, 0.4) is 0 Å². The van der Waals surface area contributed by atoms with E-state index in [1.165, 1.54) is 0 Å². The summed E-state index contributed by atoms with van der Waals surface area (Å²) in [4.78, 5) is 4.78. The van der Waals surface area contributed by atoms with E-state index in [1.807, 2.05) is 72.8 Å². The average Bonchev–Trinajstić information content (AvgIpc) is 3.34. The quantitative estimate of drug-likeness (QED) is 0.160. The summed E-state index contributed by atoms with van der Waals surface area (Å²) in [5, 5.41) is 10.5. The molecule has 0 aliphatic carbocycles. The van der Waals surface area contributed by atoms with Gasteiger partial charge < -0.3 is 19.8 Å². The van der Waals surface area contributed by atoms with Gasteiger partial charge in [-0.1, -0.05) is 35.3 Å². The molecule has 0 aliphatic heterocycles. The van der Waals surface area contributed by atoms with Gasteiger partial charge in [0.1, 0.15) is 17.3 Å². The molecule has 0 amide bonds. The number of hydrogen-bond donors (Lipinski definition) is 2. The number of nitrogens with zero attached hydrogens (tertiary/aromatic N) is 1. The zero-order valence-electron chi connectivity index (χ0n) is 19.3. The van der Waals surface area contributed by atoms with Crippen molar-refractivity contribution in [2.45, 2.75) is 13.0 Å². The summed E-state index contributed by atoms with van der Waals surface area (Å²) in [5.74, 6) is 2.51. The van der Waals surface area contributed by atoms with Gasteiger partial charge in [0, 0.05) is 32.9 Å². The van der Waals surface area contributed by atoms with Crippen LogP contribution in [0.4, 0.5) is 5.69 Å². The van der Waals surface area contributed by atoms with E-state index < -0.39 is 0 Å². The molecule has 5 nitrogen and oxygen atoms in total. The Labute approximate surface area is 214 Å². The SMILES string of the molecule is COc1ccc2nc3cc(Cl)ccc3c(NCCCNCc3ccc(-c4cccc(Cl)c4)o3)c2c1. The van der Waals surface area contributed by atoms with Crippen LogP contribution in [0.25, 0.3) is 33.1 Å². The molecule has 2 heterocycles. The van der Waals surface area contributed by atoms with Gasteiger partial charge in [-0.15, -0.1) is 0 Å². The van der Waals surface area contributed by atoms with Gasteiger partial charge in [-0.3, -0.25) is 0 Å². The molecule has 0 spiro atoms. The zero-order chi connectivity index (χ0) is 24.2. The highest BCUT2D eigenvalue weighted by atomic mass is 35.5. The number of rotatable bonds is 9. The van der Waals surface area contributed by atoms with Crippen LogP contribution in [0.2, 0.25) is 10.0 Å². The summed E-state index contributed by atoms with van der Waals surface area (Å²) < 4.78 is 11.4. The monoisotopic (exact) mass is 505 g/mol. The van der Waals surface area contributed by atoms with Gasteiger partial charge >= 0.3 is 0 Å². The first-order valence-electron chi connectivity index (χ1n) is 11.5. The van der Waals surface area contributed by atoms with Crippen LogP contribution < -0.4 is 15.4 Å². The summed E-state index contributed by atoms with van der Waals surface area (Å²) in [6.45, 7) is 2.31. The molecule has 0 fully saturated rings. The number of pyridine rings is 1. The second-order valence-electron chi connectivity index (χ2n) is 8.26. The van der Waals surface area contributed by atoms with Gasteiger partial charge in [-0.25, -0.2) is 4.98 Å². The van der Waals surface area contributed by atoms with Crippen molar-refractivity contribution >= 4 is 50.7 Å². The van der Waals surface area contributed by atoms with E-state index in [1.54, 1.807) is 7.11 Å². The zero-order valence-corrected chi connectivity index (χ0v) is 20.8. The normalized spacial score (nSPS) is 11.3. The molecule has 2 N–H and O–H groups in total. The molecule has 0 bridgehead atoms. The Bertz CT molecular complexity index is 1480. The molecule has 0 saturated carbocycles. The first-order valence-corrected chi connectivity index (χ1v) is 12.2. The highest BCUT2D eigenvalue weighted by molar-refractivity contribution is 6.31. The molecule has 0 saturated heterocycles. The summed E-state index contributed by atoms with van der Waals surface area (Å²) >= 11 is 12.3. The van der Waals surface area contributed by atoms with E-state index in [0.717, 1.165) is 69.8 Å². The van der Waals surface area contributed by atoms with Gasteiger partial charge in [0.25, 0.3) is 0 Å². The Morgan fingerprint density at radius 2 is 1.74 bits per heavy atom. The van der Waals surface area contributed by atoms with Gasteiger partial charge in [-0.05, 0) is 73.6 Å². The van der Waals surface area contributed by atoms with E-state index in [9.17, 15) is 0 Å². The number of benzene rings is 3. The van der Waals surface area contributed by atoms with Gasteiger partial charge in [0.05, 0.1) is 30.4 Å². The second kappa shape index (κ2) is 10.6. The third-order valence-corrected chi connectivity index (χ3v) is 6.32. The Balaban J connectivity index is 1.21. The van der Waals surface area contributed by atoms with Crippen LogP contribution in [0.5, 0.6) is 5.75 Å². The van der Waals surface area contributed by atoms with Crippen molar-refractivity contribution in [2.24, 2.45) is 0 Å². The van der Waals surface area contributed by atoms with Crippen LogP contribution >= 0.6 is 23.2 Å². The number of furan rings is 1. The topological polar surface area (TPSA) is 59.3 Å². The number of nitrogens with one attached hydrogen (secondary N) is 2. The van der Waals surface area contributed by atoms with Gasteiger partial charge in [0.2, 0.25) is 0 Å². The van der Waals surface area contributed by atoms with E-state index in [4.69, 9.17) is 37.3 Å². The molecular formula is C28H25Cl2N3O2. The lowest BCUT2D eigenvalue weighted by Gasteiger charge is -2.14. The van der Waals surface area contributed by atoms with E-state index in [-0.39, 0.29) is 0 Å². The summed E-state index contributed by atoms with van der Waals surface area (Å²) in [6, 6.07) is 23.4. The maximum atomic E-state index is 6.22. The van der Waals surface area contributed by atoms with Crippen molar-refractivity contribution in [1.82, 2.24) is 10.3 Å². The minimum Gasteiger partial charge on any atom is -0.497 e. The average molecular weight is 506 g/mol. The van der Waals surface area contributed by atoms with Crippen LogP contribution in [0.15, 0.2) is 77.2 Å². The minimum atomic E-state index is 0.664. The standard InChI is InChI=1S/C28H25Cl2N3O2/c1-34-21-7-10-25-24(16-21)28(23-9-6-20(30)15-26(23)33-25)32-13-3-12-31-17-22-8-11-27(35-22)18-4-2-5-19(29)14-18/h2,4-11,14-16,31H,3,12-13,17H2,1H3,(H,32,33). The minimum absolute atomic E-state index is 0.664. The number of fused-ring (bicyclic) bond motifs is 2. The van der Waals surface area contributed by atoms with Crippen LogP contribution in [0.1, 0.15) is 12.2 Å². The molecule has 3 aromatic carbocycles. The molecule has 0 radical (unpaired) electrons. The van der Waals surface area contributed by atoms with E-state index in [0.29, 0.717) is 16.6 Å². The Kier molecular flexibility index (Phi) is 7.09. The Morgan fingerprint density at radius 3 is 2.60 bits per heavy atom. The lowest BCUT2D eigenvalue weighted by atomic mass is 10.1. The van der Waals surface area contributed by atoms with Gasteiger partial charge in [-0.2, -0.15) is 0 Å². The lowest BCUT2D eigenvalue weighted by Crippen LogP contribution is -2.17. The van der Waals surface area contributed by atoms with Crippen molar-refractivity contribution in [2.75, 3.05) is 25.5 Å². The van der Waals surface area contributed by atoms with Crippen molar-refractivity contribution < 1.29 is 9.15 Å². The number of ether oxygens (including phenoxy) is 1. The Hall–Kier alpha value is -3.25. The van der Waals surface area contributed by atoms with Crippen molar-refractivity contribution in [3.05, 3.63) is 88.6 Å². The Morgan fingerprint density at radius 1 is 0.857 bits per heavy atom. The van der Waals surface area contributed by atoms with Crippen molar-refractivity contribution in [3.63, 3.8) is 0 Å². The molecule has 0 unspecified atom stereocenters. The largest absolute Gasteiger partial charge is 0.497 e. The molecule has 35 heavy (non-hydrogen) atoms. The number of hydrogen-bond acceptors (Lipinski definition) is 5. The van der Waals surface area contributed by atoms with E-state index in [2.05, 4.69) is 10.6 Å². The highest BCUT2D eigenvalue weighted by Crippen LogP contribution is 2.34. The fourth-order valence-electron chi connectivity index (χ4n) is 4.12. The molecule has 0 aliphatic rings. The number of aromatic nitrogens is 1.